The summed E-state index contributed by atoms with van der Waals surface area (Å²) in [5, 5.41) is 3.90. The number of hydrogen-bond acceptors (Lipinski definition) is 5. The Balaban J connectivity index is 1.92. The monoisotopic (exact) mass is 269 g/mol. The fraction of sp³-hybridized carbons (Fsp3) is 0.500. The summed E-state index contributed by atoms with van der Waals surface area (Å²) < 4.78 is 9.90. The Labute approximate surface area is 109 Å². The first kappa shape index (κ1) is 13.0. The molecule has 0 bridgehead atoms. The summed E-state index contributed by atoms with van der Waals surface area (Å²) in [6.07, 6.45) is -0.285. The second-order valence-corrected chi connectivity index (χ2v) is 4.81. The quantitative estimate of drug-likeness (QED) is 0.758. The summed E-state index contributed by atoms with van der Waals surface area (Å²) in [4.78, 5) is 25.1. The van der Waals surface area contributed by atoms with Gasteiger partial charge < -0.3 is 14.4 Å². The number of nitrogens with zero attached hydrogens (tertiary/aromatic N) is 1. The third-order valence-electron chi connectivity index (χ3n) is 2.82. The minimum atomic E-state index is -0.657. The van der Waals surface area contributed by atoms with E-state index >= 15 is 0 Å². The SMILES string of the molecule is COC(=O)C1CN(C(=O)Cc2ccsc2)CCO1. The van der Waals surface area contributed by atoms with Crippen LogP contribution in [-0.2, 0) is 25.5 Å². The number of carbonyl (C=O) groups is 2. The summed E-state index contributed by atoms with van der Waals surface area (Å²) >= 11 is 1.57. The summed E-state index contributed by atoms with van der Waals surface area (Å²) in [6, 6.07) is 1.93. The summed E-state index contributed by atoms with van der Waals surface area (Å²) in [7, 11) is 1.32. The fourth-order valence-electron chi connectivity index (χ4n) is 1.83. The van der Waals surface area contributed by atoms with Gasteiger partial charge in [-0.15, -0.1) is 0 Å². The van der Waals surface area contributed by atoms with E-state index in [1.165, 1.54) is 7.11 Å². The number of hydrogen-bond donors (Lipinski definition) is 0. The highest BCUT2D eigenvalue weighted by atomic mass is 32.1. The van der Waals surface area contributed by atoms with E-state index in [0.29, 0.717) is 19.6 Å². The number of methoxy groups -OCH3 is 1. The molecule has 1 aliphatic heterocycles. The van der Waals surface area contributed by atoms with Crippen molar-refractivity contribution < 1.29 is 19.1 Å². The number of thiophene rings is 1. The van der Waals surface area contributed by atoms with Crippen molar-refractivity contribution in [2.45, 2.75) is 12.5 Å². The molecule has 1 unspecified atom stereocenters. The van der Waals surface area contributed by atoms with Crippen LogP contribution in [0.3, 0.4) is 0 Å². The Bertz CT molecular complexity index is 418. The van der Waals surface area contributed by atoms with Crippen LogP contribution in [0.2, 0.25) is 0 Å². The molecule has 98 valence electrons. The third-order valence-corrected chi connectivity index (χ3v) is 3.55. The van der Waals surface area contributed by atoms with Crippen molar-refractivity contribution >= 4 is 23.2 Å². The van der Waals surface area contributed by atoms with Crippen molar-refractivity contribution in [2.24, 2.45) is 0 Å². The maximum absolute atomic E-state index is 12.0. The highest BCUT2D eigenvalue weighted by Gasteiger charge is 2.29. The minimum absolute atomic E-state index is 0.0191. The molecular formula is C12H15NO4S. The lowest BCUT2D eigenvalue weighted by Gasteiger charge is -2.31. The van der Waals surface area contributed by atoms with Crippen molar-refractivity contribution in [1.29, 1.82) is 0 Å². The van der Waals surface area contributed by atoms with Crippen LogP contribution in [0.5, 0.6) is 0 Å². The highest BCUT2D eigenvalue weighted by molar-refractivity contribution is 7.07. The summed E-state index contributed by atoms with van der Waals surface area (Å²) in [5.41, 5.74) is 1.01. The van der Waals surface area contributed by atoms with Crippen molar-refractivity contribution in [3.8, 4) is 0 Å². The van der Waals surface area contributed by atoms with E-state index in [0.717, 1.165) is 5.56 Å². The van der Waals surface area contributed by atoms with Crippen LogP contribution in [0, 0.1) is 0 Å². The van der Waals surface area contributed by atoms with E-state index in [2.05, 4.69) is 4.74 Å². The fourth-order valence-corrected chi connectivity index (χ4v) is 2.50. The van der Waals surface area contributed by atoms with E-state index in [1.54, 1.807) is 16.2 Å². The van der Waals surface area contributed by atoms with Gasteiger partial charge in [0.05, 0.1) is 26.7 Å². The predicted molar refractivity (Wildman–Crippen MR) is 66.4 cm³/mol. The average Bonchev–Trinajstić information content (AvgIpc) is 2.90. The number of carbonyl (C=O) groups excluding carboxylic acids is 2. The van der Waals surface area contributed by atoms with E-state index in [4.69, 9.17) is 4.74 Å². The Morgan fingerprint density at radius 3 is 3.11 bits per heavy atom. The van der Waals surface area contributed by atoms with E-state index in [-0.39, 0.29) is 12.5 Å². The van der Waals surface area contributed by atoms with E-state index < -0.39 is 12.1 Å². The van der Waals surface area contributed by atoms with E-state index in [1.807, 2.05) is 16.8 Å². The zero-order valence-corrected chi connectivity index (χ0v) is 10.9. The molecule has 1 amide bonds. The molecule has 1 saturated heterocycles. The molecule has 5 nitrogen and oxygen atoms in total. The average molecular weight is 269 g/mol. The summed E-state index contributed by atoms with van der Waals surface area (Å²) in [5.74, 6) is -0.409. The molecule has 1 fully saturated rings. The minimum Gasteiger partial charge on any atom is -0.467 e. The van der Waals surface area contributed by atoms with Gasteiger partial charge in [-0.05, 0) is 22.4 Å². The normalized spacial score (nSPS) is 19.6. The van der Waals surface area contributed by atoms with E-state index in [9.17, 15) is 9.59 Å². The van der Waals surface area contributed by atoms with Crippen LogP contribution in [0.25, 0.3) is 0 Å². The molecule has 1 aliphatic rings. The highest BCUT2D eigenvalue weighted by Crippen LogP contribution is 2.11. The zero-order chi connectivity index (χ0) is 13.0. The Morgan fingerprint density at radius 2 is 2.44 bits per heavy atom. The number of ether oxygens (including phenoxy) is 2. The maximum Gasteiger partial charge on any atom is 0.336 e. The number of morpholine rings is 1. The molecule has 0 aliphatic carbocycles. The lowest BCUT2D eigenvalue weighted by atomic mass is 10.2. The second kappa shape index (κ2) is 5.97. The van der Waals surface area contributed by atoms with Gasteiger partial charge in [0.1, 0.15) is 0 Å². The Hall–Kier alpha value is -1.40. The number of rotatable bonds is 3. The van der Waals surface area contributed by atoms with Crippen LogP contribution in [0.4, 0.5) is 0 Å². The lowest BCUT2D eigenvalue weighted by Crippen LogP contribution is -2.49. The van der Waals surface area contributed by atoms with Crippen LogP contribution in [-0.4, -0.2) is 49.7 Å². The van der Waals surface area contributed by atoms with Gasteiger partial charge in [0, 0.05) is 6.54 Å². The number of esters is 1. The van der Waals surface area contributed by atoms with Crippen molar-refractivity contribution in [3.63, 3.8) is 0 Å². The second-order valence-electron chi connectivity index (χ2n) is 4.03. The first-order valence-corrected chi connectivity index (χ1v) is 6.63. The van der Waals surface area contributed by atoms with Gasteiger partial charge in [0.25, 0.3) is 0 Å². The first-order valence-electron chi connectivity index (χ1n) is 5.69. The lowest BCUT2D eigenvalue weighted by molar-refractivity contribution is -0.162. The molecule has 6 heteroatoms. The van der Waals surface area contributed by atoms with Crippen LogP contribution < -0.4 is 0 Å². The summed E-state index contributed by atoms with van der Waals surface area (Å²) in [6.45, 7) is 1.17. The molecule has 1 aromatic rings. The molecule has 0 saturated carbocycles. The van der Waals surface area contributed by atoms with Crippen molar-refractivity contribution in [1.82, 2.24) is 4.90 Å². The molecule has 2 heterocycles. The molecule has 0 radical (unpaired) electrons. The molecule has 0 aromatic carbocycles. The van der Waals surface area contributed by atoms with Crippen LogP contribution in [0.15, 0.2) is 16.8 Å². The molecule has 0 spiro atoms. The van der Waals surface area contributed by atoms with Crippen molar-refractivity contribution in [3.05, 3.63) is 22.4 Å². The molecule has 2 rings (SSSR count). The van der Waals surface area contributed by atoms with Gasteiger partial charge in [-0.2, -0.15) is 11.3 Å². The van der Waals surface area contributed by atoms with Gasteiger partial charge in [0.15, 0.2) is 6.10 Å². The number of amides is 1. The molecule has 1 atom stereocenters. The Morgan fingerprint density at radius 1 is 1.61 bits per heavy atom. The molecule has 1 aromatic heterocycles. The standard InChI is InChI=1S/C12H15NO4S/c1-16-12(15)10-7-13(3-4-17-10)11(14)6-9-2-5-18-8-9/h2,5,8,10H,3-4,6-7H2,1H3. The van der Waals surface area contributed by atoms with Gasteiger partial charge in [-0.25, -0.2) is 4.79 Å². The van der Waals surface area contributed by atoms with Crippen LogP contribution in [0.1, 0.15) is 5.56 Å². The maximum atomic E-state index is 12.0. The van der Waals surface area contributed by atoms with Gasteiger partial charge in [0.2, 0.25) is 5.91 Å². The Kier molecular flexibility index (Phi) is 4.33. The third kappa shape index (κ3) is 3.08. The predicted octanol–water partition coefficient (Wildman–Crippen LogP) is 0.691. The zero-order valence-electron chi connectivity index (χ0n) is 10.1. The topological polar surface area (TPSA) is 55.8 Å². The molecule has 0 N–H and O–H groups in total. The largest absolute Gasteiger partial charge is 0.467 e. The first-order chi connectivity index (χ1) is 8.70. The molecule has 18 heavy (non-hydrogen) atoms. The van der Waals surface area contributed by atoms with Crippen molar-refractivity contribution in [2.75, 3.05) is 26.8 Å². The smallest absolute Gasteiger partial charge is 0.336 e. The van der Waals surface area contributed by atoms with Gasteiger partial charge in [-0.3, -0.25) is 4.79 Å². The van der Waals surface area contributed by atoms with Gasteiger partial charge >= 0.3 is 5.97 Å². The molecular weight excluding hydrogens is 254 g/mol. The van der Waals surface area contributed by atoms with Crippen LogP contribution >= 0.6 is 11.3 Å². The van der Waals surface area contributed by atoms with Gasteiger partial charge in [-0.1, -0.05) is 0 Å².